The molecule has 1 unspecified atom stereocenters. The number of carbonyl (C=O) groups is 1. The summed E-state index contributed by atoms with van der Waals surface area (Å²) in [5.74, 6) is -0.0285. The van der Waals surface area contributed by atoms with E-state index in [1.807, 2.05) is 0 Å². The molecular weight excluding hydrogens is 238 g/mol. The van der Waals surface area contributed by atoms with Crippen LogP contribution < -0.4 is 16.0 Å². The summed E-state index contributed by atoms with van der Waals surface area (Å²) in [4.78, 5) is 11.6. The van der Waals surface area contributed by atoms with Gasteiger partial charge in [-0.2, -0.15) is 0 Å². The molecule has 5 heteroatoms. The third-order valence-corrected chi connectivity index (χ3v) is 2.99. The Morgan fingerprint density at radius 3 is 2.82 bits per heavy atom. The molecule has 1 saturated heterocycles. The van der Waals surface area contributed by atoms with Gasteiger partial charge in [0.2, 0.25) is 5.91 Å². The van der Waals surface area contributed by atoms with E-state index in [0.29, 0.717) is 17.6 Å². The first-order chi connectivity index (χ1) is 8.24. The normalized spacial score (nSPS) is 19.2. The Balaban J connectivity index is 1.74. The number of carbonyl (C=O) groups excluding carboxylic acids is 1. The molecule has 1 amide bonds. The van der Waals surface area contributed by atoms with Crippen molar-refractivity contribution in [2.75, 3.05) is 25.0 Å². The van der Waals surface area contributed by atoms with Crippen LogP contribution in [-0.4, -0.2) is 31.6 Å². The molecule has 17 heavy (non-hydrogen) atoms. The average Bonchev–Trinajstić information content (AvgIpc) is 2.83. The van der Waals surface area contributed by atoms with Crippen LogP contribution in [0.1, 0.15) is 6.42 Å². The molecule has 4 nitrogen and oxygen atoms in total. The number of halogens is 1. The molecular formula is C12H16ClN3O. The van der Waals surface area contributed by atoms with Crippen molar-refractivity contribution in [3.63, 3.8) is 0 Å². The third kappa shape index (κ3) is 4.00. The van der Waals surface area contributed by atoms with E-state index in [0.717, 1.165) is 25.2 Å². The quantitative estimate of drug-likeness (QED) is 0.757. The number of benzene rings is 1. The van der Waals surface area contributed by atoms with Crippen LogP contribution in [0.15, 0.2) is 24.3 Å². The van der Waals surface area contributed by atoms with Crippen LogP contribution in [0.2, 0.25) is 5.02 Å². The molecule has 2 rings (SSSR count). The van der Waals surface area contributed by atoms with Crippen molar-refractivity contribution in [3.05, 3.63) is 29.3 Å². The molecule has 1 aromatic carbocycles. The van der Waals surface area contributed by atoms with Gasteiger partial charge >= 0.3 is 0 Å². The lowest BCUT2D eigenvalue weighted by molar-refractivity contribution is -0.115. The van der Waals surface area contributed by atoms with Gasteiger partial charge in [0.1, 0.15) is 0 Å². The smallest absolute Gasteiger partial charge is 0.238 e. The standard InChI is InChI=1S/C12H16ClN3O/c13-9-1-3-10(4-2-9)16-12(17)8-15-11-5-6-14-7-11/h1-4,11,14-15H,5-8H2,(H,16,17). The van der Waals surface area contributed by atoms with Crippen LogP contribution in [0.25, 0.3) is 0 Å². The van der Waals surface area contributed by atoms with E-state index in [2.05, 4.69) is 16.0 Å². The highest BCUT2D eigenvalue weighted by Gasteiger charge is 2.14. The SMILES string of the molecule is O=C(CNC1CCNC1)Nc1ccc(Cl)cc1. The summed E-state index contributed by atoms with van der Waals surface area (Å²) in [5, 5.41) is 9.93. The number of anilines is 1. The summed E-state index contributed by atoms with van der Waals surface area (Å²) in [6.45, 7) is 2.31. The minimum Gasteiger partial charge on any atom is -0.325 e. The molecule has 92 valence electrons. The number of nitrogens with one attached hydrogen (secondary N) is 3. The van der Waals surface area contributed by atoms with Crippen LogP contribution in [0, 0.1) is 0 Å². The second kappa shape index (κ2) is 6.00. The van der Waals surface area contributed by atoms with Gasteiger partial charge in [-0.3, -0.25) is 4.79 Å². The fourth-order valence-corrected chi connectivity index (χ4v) is 1.93. The lowest BCUT2D eigenvalue weighted by Crippen LogP contribution is -2.37. The molecule has 0 spiro atoms. The maximum Gasteiger partial charge on any atom is 0.238 e. The number of hydrogen-bond donors (Lipinski definition) is 3. The van der Waals surface area contributed by atoms with Crippen molar-refractivity contribution < 1.29 is 4.79 Å². The first-order valence-corrected chi connectivity index (χ1v) is 6.11. The van der Waals surface area contributed by atoms with Gasteiger partial charge in [-0.1, -0.05) is 11.6 Å². The summed E-state index contributed by atoms with van der Waals surface area (Å²) < 4.78 is 0. The average molecular weight is 254 g/mol. The maximum atomic E-state index is 11.6. The molecule has 1 aliphatic heterocycles. The summed E-state index contributed by atoms with van der Waals surface area (Å²) in [6.07, 6.45) is 1.08. The zero-order valence-corrected chi connectivity index (χ0v) is 10.3. The van der Waals surface area contributed by atoms with E-state index in [9.17, 15) is 4.79 Å². The van der Waals surface area contributed by atoms with Crippen molar-refractivity contribution in [2.45, 2.75) is 12.5 Å². The van der Waals surface area contributed by atoms with Crippen LogP contribution in [-0.2, 0) is 4.79 Å². The summed E-state index contributed by atoms with van der Waals surface area (Å²) in [5.41, 5.74) is 0.769. The van der Waals surface area contributed by atoms with Gasteiger partial charge in [-0.25, -0.2) is 0 Å². The molecule has 0 aliphatic carbocycles. The third-order valence-electron chi connectivity index (χ3n) is 2.74. The van der Waals surface area contributed by atoms with Gasteiger partial charge in [-0.15, -0.1) is 0 Å². The molecule has 0 saturated carbocycles. The number of rotatable bonds is 4. The van der Waals surface area contributed by atoms with E-state index in [1.165, 1.54) is 0 Å². The van der Waals surface area contributed by atoms with E-state index in [1.54, 1.807) is 24.3 Å². The van der Waals surface area contributed by atoms with Crippen LogP contribution in [0.3, 0.4) is 0 Å². The predicted octanol–water partition coefficient (Wildman–Crippen LogP) is 1.23. The molecule has 0 aromatic heterocycles. The van der Waals surface area contributed by atoms with Gasteiger partial charge in [0.15, 0.2) is 0 Å². The highest BCUT2D eigenvalue weighted by molar-refractivity contribution is 6.30. The highest BCUT2D eigenvalue weighted by Crippen LogP contribution is 2.13. The van der Waals surface area contributed by atoms with Gasteiger partial charge in [-0.05, 0) is 37.2 Å². The highest BCUT2D eigenvalue weighted by atomic mass is 35.5. The predicted molar refractivity (Wildman–Crippen MR) is 69.4 cm³/mol. The lowest BCUT2D eigenvalue weighted by Gasteiger charge is -2.11. The second-order valence-electron chi connectivity index (χ2n) is 4.13. The topological polar surface area (TPSA) is 53.2 Å². The van der Waals surface area contributed by atoms with Crippen molar-refractivity contribution in [2.24, 2.45) is 0 Å². The minimum atomic E-state index is -0.0285. The Morgan fingerprint density at radius 1 is 1.41 bits per heavy atom. The Morgan fingerprint density at radius 2 is 2.18 bits per heavy atom. The summed E-state index contributed by atoms with van der Waals surface area (Å²) in [7, 11) is 0. The van der Waals surface area contributed by atoms with Gasteiger partial charge in [0.25, 0.3) is 0 Å². The molecule has 1 aliphatic rings. The van der Waals surface area contributed by atoms with E-state index in [4.69, 9.17) is 11.6 Å². The molecule has 0 bridgehead atoms. The zero-order valence-electron chi connectivity index (χ0n) is 9.50. The second-order valence-corrected chi connectivity index (χ2v) is 4.56. The summed E-state index contributed by atoms with van der Waals surface area (Å²) in [6, 6.07) is 7.50. The monoisotopic (exact) mass is 253 g/mol. The Bertz CT molecular complexity index is 374. The Labute approximate surface area is 106 Å². The first kappa shape index (κ1) is 12.4. The summed E-state index contributed by atoms with van der Waals surface area (Å²) >= 11 is 5.76. The van der Waals surface area contributed by atoms with Crippen molar-refractivity contribution in [3.8, 4) is 0 Å². The minimum absolute atomic E-state index is 0.0285. The molecule has 1 aromatic rings. The molecule has 3 N–H and O–H groups in total. The fourth-order valence-electron chi connectivity index (χ4n) is 1.80. The number of amides is 1. The molecule has 1 fully saturated rings. The van der Waals surface area contributed by atoms with E-state index < -0.39 is 0 Å². The van der Waals surface area contributed by atoms with Gasteiger partial charge in [0, 0.05) is 23.3 Å². The molecule has 1 atom stereocenters. The van der Waals surface area contributed by atoms with Crippen molar-refractivity contribution in [1.82, 2.24) is 10.6 Å². The van der Waals surface area contributed by atoms with Crippen molar-refractivity contribution >= 4 is 23.2 Å². The first-order valence-electron chi connectivity index (χ1n) is 5.73. The van der Waals surface area contributed by atoms with Crippen LogP contribution >= 0.6 is 11.6 Å². The zero-order chi connectivity index (χ0) is 12.1. The lowest BCUT2D eigenvalue weighted by atomic mass is 10.2. The maximum absolute atomic E-state index is 11.6. The Hall–Kier alpha value is -1.10. The van der Waals surface area contributed by atoms with Crippen LogP contribution in [0.5, 0.6) is 0 Å². The largest absolute Gasteiger partial charge is 0.325 e. The van der Waals surface area contributed by atoms with E-state index in [-0.39, 0.29) is 5.91 Å². The Kier molecular flexibility index (Phi) is 4.36. The van der Waals surface area contributed by atoms with Crippen LogP contribution in [0.4, 0.5) is 5.69 Å². The van der Waals surface area contributed by atoms with Gasteiger partial charge in [0.05, 0.1) is 6.54 Å². The van der Waals surface area contributed by atoms with Gasteiger partial charge < -0.3 is 16.0 Å². The van der Waals surface area contributed by atoms with Crippen molar-refractivity contribution in [1.29, 1.82) is 0 Å². The number of hydrogen-bond acceptors (Lipinski definition) is 3. The fraction of sp³-hybridized carbons (Fsp3) is 0.417. The molecule has 1 heterocycles. The van der Waals surface area contributed by atoms with E-state index >= 15 is 0 Å². The molecule has 0 radical (unpaired) electrons.